The zero-order valence-electron chi connectivity index (χ0n) is 19.7. The average Bonchev–Trinajstić information content (AvgIpc) is 3.70. The number of nitrogens with one attached hydrogen (secondary N) is 2. The molecule has 2 aliphatic carbocycles. The molecule has 1 aromatic carbocycles. The minimum absolute atomic E-state index is 0.00473. The van der Waals surface area contributed by atoms with Crippen LogP contribution in [0.15, 0.2) is 56.9 Å². The van der Waals surface area contributed by atoms with Crippen LogP contribution >= 0.6 is 23.1 Å². The van der Waals surface area contributed by atoms with Gasteiger partial charge >= 0.3 is 4.87 Å². The average molecular weight is 538 g/mol. The van der Waals surface area contributed by atoms with E-state index >= 15 is 0 Å². The molecule has 2 aliphatic heterocycles. The number of nitrogens with zero attached hydrogens (tertiary/aromatic N) is 1. The second kappa shape index (κ2) is 8.35. The van der Waals surface area contributed by atoms with Gasteiger partial charge in [-0.1, -0.05) is 11.3 Å². The zero-order chi connectivity index (χ0) is 25.4. The summed E-state index contributed by atoms with van der Waals surface area (Å²) in [4.78, 5) is 57.1. The Morgan fingerprint density at radius 3 is 2.59 bits per heavy atom. The first-order valence-corrected chi connectivity index (χ1v) is 13.9. The summed E-state index contributed by atoms with van der Waals surface area (Å²) in [6, 6.07) is 10.6. The number of anilines is 1. The fourth-order valence-corrected chi connectivity index (χ4v) is 9.91. The number of thiazole rings is 1. The second-order valence-electron chi connectivity index (χ2n) is 10.0. The van der Waals surface area contributed by atoms with Gasteiger partial charge in [-0.25, -0.2) is 0 Å². The number of furan rings is 1. The Hall–Kier alpha value is -3.31. The van der Waals surface area contributed by atoms with Crippen LogP contribution in [0.4, 0.5) is 5.69 Å². The third-order valence-corrected chi connectivity index (χ3v) is 10.9. The number of aromatic amines is 1. The molecule has 3 amide bonds. The summed E-state index contributed by atoms with van der Waals surface area (Å²) in [7, 11) is 1.56. The van der Waals surface area contributed by atoms with Gasteiger partial charge in [-0.2, -0.15) is 0 Å². The molecule has 3 aromatic rings. The molecule has 6 unspecified atom stereocenters. The summed E-state index contributed by atoms with van der Waals surface area (Å²) in [5, 5.41) is 3.69. The van der Waals surface area contributed by atoms with E-state index in [0.717, 1.165) is 27.0 Å². The summed E-state index contributed by atoms with van der Waals surface area (Å²) in [6.07, 6.45) is 2.42. The van der Waals surface area contributed by atoms with Crippen LogP contribution in [0, 0.1) is 29.6 Å². The minimum Gasteiger partial charge on any atom is -0.497 e. The van der Waals surface area contributed by atoms with Crippen molar-refractivity contribution in [1.29, 1.82) is 0 Å². The number of carbonyl (C=O) groups excluding carboxylic acids is 3. The Bertz CT molecular complexity index is 1460. The van der Waals surface area contributed by atoms with Gasteiger partial charge < -0.3 is 19.5 Å². The Morgan fingerprint density at radius 1 is 1.14 bits per heavy atom. The SMILES string of the molecule is COc1ccc(NC(=O)CN2C(=O)C3C4CC(C3C2=O)C2C4Sc3[nH]c(=O)sc3[C@@H]2c2ccco2)cc1. The lowest BCUT2D eigenvalue weighted by molar-refractivity contribution is -0.143. The van der Waals surface area contributed by atoms with Crippen LogP contribution in [0.2, 0.25) is 0 Å². The quantitative estimate of drug-likeness (QED) is 0.480. The van der Waals surface area contributed by atoms with Gasteiger partial charge in [0.25, 0.3) is 0 Å². The van der Waals surface area contributed by atoms with Crippen molar-refractivity contribution in [3.8, 4) is 5.75 Å². The first-order chi connectivity index (χ1) is 17.9. The van der Waals surface area contributed by atoms with E-state index in [9.17, 15) is 19.2 Å². The summed E-state index contributed by atoms with van der Waals surface area (Å²) in [6.45, 7) is -0.305. The molecule has 2 bridgehead atoms. The number of hydrogen-bond donors (Lipinski definition) is 2. The van der Waals surface area contributed by atoms with Gasteiger partial charge in [-0.05, 0) is 60.6 Å². The lowest BCUT2D eigenvalue weighted by atomic mass is 9.69. The molecule has 7 rings (SSSR count). The molecule has 4 aliphatic rings. The number of benzene rings is 1. The number of carbonyl (C=O) groups is 3. The first-order valence-electron chi connectivity index (χ1n) is 12.2. The highest BCUT2D eigenvalue weighted by Gasteiger charge is 2.69. The van der Waals surface area contributed by atoms with Crippen molar-refractivity contribution in [2.75, 3.05) is 19.0 Å². The molecule has 9 nitrogen and oxygen atoms in total. The smallest absolute Gasteiger partial charge is 0.305 e. The molecule has 3 fully saturated rings. The number of methoxy groups -OCH3 is 1. The Balaban J connectivity index is 1.15. The third-order valence-electron chi connectivity index (χ3n) is 8.34. The first kappa shape index (κ1) is 22.9. The van der Waals surface area contributed by atoms with Crippen LogP contribution in [0.3, 0.4) is 0 Å². The van der Waals surface area contributed by atoms with Crippen LogP contribution < -0.4 is 14.9 Å². The Labute approximate surface area is 219 Å². The summed E-state index contributed by atoms with van der Waals surface area (Å²) >= 11 is 2.82. The molecule has 0 radical (unpaired) electrons. The number of hydrogen-bond acceptors (Lipinski definition) is 8. The number of fused-ring (bicyclic) bond motifs is 9. The van der Waals surface area contributed by atoms with Gasteiger partial charge in [0, 0.05) is 10.9 Å². The summed E-state index contributed by atoms with van der Waals surface area (Å²) in [5.74, 6) is -0.430. The van der Waals surface area contributed by atoms with E-state index in [1.165, 1.54) is 11.3 Å². The highest BCUT2D eigenvalue weighted by Crippen LogP contribution is 2.68. The van der Waals surface area contributed by atoms with E-state index in [1.807, 2.05) is 12.1 Å². The molecular formula is C26H23N3O6S2. The predicted octanol–water partition coefficient (Wildman–Crippen LogP) is 3.15. The molecule has 0 spiro atoms. The Kier molecular flexibility index (Phi) is 5.16. The van der Waals surface area contributed by atoms with E-state index in [4.69, 9.17) is 9.15 Å². The molecule has 11 heteroatoms. The van der Waals surface area contributed by atoms with Crippen molar-refractivity contribution in [3.05, 3.63) is 63.0 Å². The minimum atomic E-state index is -0.442. The van der Waals surface area contributed by atoms with Crippen molar-refractivity contribution >= 4 is 46.5 Å². The van der Waals surface area contributed by atoms with Crippen LogP contribution in [-0.4, -0.2) is 46.5 Å². The number of rotatable bonds is 5. The maximum atomic E-state index is 13.6. The van der Waals surface area contributed by atoms with Gasteiger partial charge in [0.2, 0.25) is 17.7 Å². The van der Waals surface area contributed by atoms with Crippen molar-refractivity contribution < 1.29 is 23.5 Å². The van der Waals surface area contributed by atoms with Crippen LogP contribution in [-0.2, 0) is 14.4 Å². The second-order valence-corrected chi connectivity index (χ2v) is 12.2. The van der Waals surface area contributed by atoms with E-state index in [2.05, 4.69) is 10.3 Å². The summed E-state index contributed by atoms with van der Waals surface area (Å²) in [5.41, 5.74) is 0.564. The fraction of sp³-hybridized carbons (Fsp3) is 0.385. The number of aromatic nitrogens is 1. The van der Waals surface area contributed by atoms with Crippen LogP contribution in [0.25, 0.3) is 0 Å². The summed E-state index contributed by atoms with van der Waals surface area (Å²) < 4.78 is 11.0. The van der Waals surface area contributed by atoms with Crippen molar-refractivity contribution in [2.24, 2.45) is 29.6 Å². The molecule has 37 heavy (non-hydrogen) atoms. The van der Waals surface area contributed by atoms with Crippen molar-refractivity contribution in [1.82, 2.24) is 9.88 Å². The molecule has 2 N–H and O–H groups in total. The largest absolute Gasteiger partial charge is 0.497 e. The van der Waals surface area contributed by atoms with E-state index in [0.29, 0.717) is 11.4 Å². The van der Waals surface area contributed by atoms with E-state index < -0.39 is 17.7 Å². The van der Waals surface area contributed by atoms with Crippen LogP contribution in [0.1, 0.15) is 23.0 Å². The molecule has 7 atom stereocenters. The number of ether oxygens (including phenoxy) is 1. The van der Waals surface area contributed by atoms with E-state index in [1.54, 1.807) is 49.4 Å². The molecular weight excluding hydrogens is 514 g/mol. The molecule has 2 aromatic heterocycles. The maximum absolute atomic E-state index is 13.6. The lowest BCUT2D eigenvalue weighted by Gasteiger charge is -2.42. The van der Waals surface area contributed by atoms with Gasteiger partial charge in [-0.15, -0.1) is 11.8 Å². The lowest BCUT2D eigenvalue weighted by Crippen LogP contribution is -2.42. The molecule has 4 heterocycles. The standard InChI is InChI=1S/C26H23N3O6S2/c1-34-12-6-4-11(5-7-12)27-16(30)10-29-24(31)18-13-9-14(19(18)25(29)32)21-17(13)20(15-3-2-8-35-15)22-23(36-21)28-26(33)37-22/h2-8,13-14,17-21H,9-10H2,1H3,(H,27,30)(H,28,33)/t13?,14?,17?,18?,19?,20-,21?/m1/s1. The zero-order valence-corrected chi connectivity index (χ0v) is 21.3. The van der Waals surface area contributed by atoms with Gasteiger partial charge in [0.15, 0.2) is 0 Å². The van der Waals surface area contributed by atoms with Crippen molar-refractivity contribution in [2.45, 2.75) is 22.6 Å². The van der Waals surface area contributed by atoms with Gasteiger partial charge in [0.05, 0.1) is 41.0 Å². The molecule has 190 valence electrons. The van der Waals surface area contributed by atoms with E-state index in [-0.39, 0.29) is 52.2 Å². The third kappa shape index (κ3) is 3.36. The normalized spacial score (nSPS) is 31.3. The molecule has 1 saturated heterocycles. The topological polar surface area (TPSA) is 122 Å². The predicted molar refractivity (Wildman–Crippen MR) is 136 cm³/mol. The number of amides is 3. The van der Waals surface area contributed by atoms with Crippen molar-refractivity contribution in [3.63, 3.8) is 0 Å². The monoisotopic (exact) mass is 537 g/mol. The Morgan fingerprint density at radius 2 is 1.89 bits per heavy atom. The highest BCUT2D eigenvalue weighted by molar-refractivity contribution is 8.00. The number of likely N-dealkylation sites (tertiary alicyclic amines) is 1. The maximum Gasteiger partial charge on any atom is 0.305 e. The number of imide groups is 1. The van der Waals surface area contributed by atoms with Gasteiger partial charge in [-0.3, -0.25) is 24.1 Å². The number of H-pyrrole nitrogens is 1. The van der Waals surface area contributed by atoms with Gasteiger partial charge in [0.1, 0.15) is 18.1 Å². The fourth-order valence-electron chi connectivity index (χ4n) is 7.04. The molecule has 2 saturated carbocycles. The van der Waals surface area contributed by atoms with Crippen LogP contribution in [0.5, 0.6) is 5.75 Å². The number of thioether (sulfide) groups is 1. The highest BCUT2D eigenvalue weighted by atomic mass is 32.2.